The maximum atomic E-state index is 6.74. The van der Waals surface area contributed by atoms with Crippen LogP contribution in [-0.2, 0) is 0 Å². The second-order valence-corrected chi connectivity index (χ2v) is 15.9. The average molecular weight is 804 g/mol. The Hall–Kier alpha value is -8.47. The van der Waals surface area contributed by atoms with Gasteiger partial charge in [-0.15, -0.1) is 0 Å². The van der Waals surface area contributed by atoms with E-state index in [2.05, 4.69) is 188 Å². The number of hydrogen-bond donors (Lipinski definition) is 0. The van der Waals surface area contributed by atoms with Crippen LogP contribution in [0.15, 0.2) is 229 Å². The van der Waals surface area contributed by atoms with Crippen LogP contribution in [0.25, 0.3) is 122 Å². The molecule has 9 aromatic carbocycles. The summed E-state index contributed by atoms with van der Waals surface area (Å²) >= 11 is 0. The van der Waals surface area contributed by atoms with Gasteiger partial charge in [-0.25, -0.2) is 15.0 Å². The van der Waals surface area contributed by atoms with Gasteiger partial charge in [-0.3, -0.25) is 0 Å². The number of nitrogens with zero attached hydrogens (tertiary/aromatic N) is 3. The number of benzene rings is 9. The maximum Gasteiger partial charge on any atom is 0.160 e. The summed E-state index contributed by atoms with van der Waals surface area (Å²) in [5, 5.41) is 5.39. The third-order valence-corrected chi connectivity index (χ3v) is 12.1. The van der Waals surface area contributed by atoms with Crippen LogP contribution in [0.1, 0.15) is 0 Å². The van der Waals surface area contributed by atoms with Crippen molar-refractivity contribution in [2.45, 2.75) is 0 Å². The fourth-order valence-corrected chi connectivity index (χ4v) is 9.03. The normalized spacial score (nSPS) is 11.5. The Morgan fingerprint density at radius 2 is 0.794 bits per heavy atom. The second-order valence-electron chi connectivity index (χ2n) is 15.9. The summed E-state index contributed by atoms with van der Waals surface area (Å²) in [5.74, 6) is 0.675. The summed E-state index contributed by atoms with van der Waals surface area (Å²) in [4.78, 5) is 15.8. The van der Waals surface area contributed by atoms with E-state index < -0.39 is 0 Å². The summed E-state index contributed by atoms with van der Waals surface area (Å²) in [7, 11) is 0. The fraction of sp³-hybridized carbons (Fsp3) is 0. The molecule has 0 N–H and O–H groups in total. The zero-order valence-corrected chi connectivity index (χ0v) is 34.1. The third-order valence-electron chi connectivity index (χ3n) is 12.1. The molecular formula is C59H37N3O. The number of fused-ring (bicyclic) bond motifs is 6. The highest BCUT2D eigenvalue weighted by Crippen LogP contribution is 2.47. The first kappa shape index (κ1) is 36.4. The molecule has 0 saturated carbocycles. The zero-order chi connectivity index (χ0) is 41.7. The molecule has 0 saturated heterocycles. The molecule has 0 unspecified atom stereocenters. The number of rotatable bonds is 7. The van der Waals surface area contributed by atoms with Gasteiger partial charge in [0.05, 0.1) is 22.6 Å². The Balaban J connectivity index is 1.08. The first-order valence-electron chi connectivity index (χ1n) is 21.3. The number of para-hydroxylation sites is 2. The molecule has 3 aromatic heterocycles. The smallest absolute Gasteiger partial charge is 0.160 e. The van der Waals surface area contributed by atoms with Gasteiger partial charge in [0.2, 0.25) is 0 Å². The summed E-state index contributed by atoms with van der Waals surface area (Å²) in [6, 6.07) is 78.5. The number of pyridine rings is 1. The van der Waals surface area contributed by atoms with E-state index >= 15 is 0 Å². The van der Waals surface area contributed by atoms with Crippen LogP contribution in [0, 0.1) is 0 Å². The summed E-state index contributed by atoms with van der Waals surface area (Å²) in [6.07, 6.45) is 0. The van der Waals surface area contributed by atoms with Crippen LogP contribution in [0.5, 0.6) is 0 Å². The van der Waals surface area contributed by atoms with Crippen LogP contribution in [0.4, 0.5) is 0 Å². The minimum absolute atomic E-state index is 0.675. The van der Waals surface area contributed by atoms with E-state index in [0.29, 0.717) is 5.82 Å². The highest BCUT2D eigenvalue weighted by molar-refractivity contribution is 6.27. The Labute approximate surface area is 364 Å². The molecule has 4 nitrogen and oxygen atoms in total. The van der Waals surface area contributed by atoms with Crippen molar-refractivity contribution in [2.75, 3.05) is 0 Å². The summed E-state index contributed by atoms with van der Waals surface area (Å²) < 4.78 is 6.74. The van der Waals surface area contributed by atoms with E-state index in [1.54, 1.807) is 0 Å². The van der Waals surface area contributed by atoms with Gasteiger partial charge in [-0.1, -0.05) is 194 Å². The monoisotopic (exact) mass is 803 g/mol. The Kier molecular flexibility index (Phi) is 8.79. The Morgan fingerprint density at radius 3 is 1.48 bits per heavy atom. The van der Waals surface area contributed by atoms with Gasteiger partial charge in [-0.05, 0) is 58.1 Å². The lowest BCUT2D eigenvalue weighted by Gasteiger charge is -2.16. The molecule has 0 amide bonds. The van der Waals surface area contributed by atoms with E-state index in [9.17, 15) is 0 Å². The molecule has 3 heterocycles. The molecule has 0 aliphatic heterocycles. The fourth-order valence-electron chi connectivity index (χ4n) is 9.03. The number of hydrogen-bond acceptors (Lipinski definition) is 4. The van der Waals surface area contributed by atoms with E-state index in [-0.39, 0.29) is 0 Å². The van der Waals surface area contributed by atoms with Crippen LogP contribution in [0.2, 0.25) is 0 Å². The number of aromatic nitrogens is 3. The first-order valence-corrected chi connectivity index (χ1v) is 21.3. The Bertz CT molecular complexity index is 3640. The molecular weight excluding hydrogens is 767 g/mol. The van der Waals surface area contributed by atoms with Crippen LogP contribution < -0.4 is 0 Å². The largest absolute Gasteiger partial charge is 0.456 e. The van der Waals surface area contributed by atoms with Crippen molar-refractivity contribution in [2.24, 2.45) is 0 Å². The summed E-state index contributed by atoms with van der Waals surface area (Å²) in [5.41, 5.74) is 16.1. The quantitative estimate of drug-likeness (QED) is 0.151. The molecule has 4 heteroatoms. The third kappa shape index (κ3) is 6.53. The molecule has 63 heavy (non-hydrogen) atoms. The van der Waals surface area contributed by atoms with Gasteiger partial charge in [0.25, 0.3) is 0 Å². The molecule has 12 aromatic rings. The second kappa shape index (κ2) is 15.2. The van der Waals surface area contributed by atoms with Crippen molar-refractivity contribution in [1.82, 2.24) is 15.0 Å². The highest BCUT2D eigenvalue weighted by Gasteiger charge is 2.22. The topological polar surface area (TPSA) is 51.8 Å². The molecule has 0 aliphatic carbocycles. The molecule has 294 valence electrons. The predicted molar refractivity (Wildman–Crippen MR) is 260 cm³/mol. The van der Waals surface area contributed by atoms with Gasteiger partial charge in [0.15, 0.2) is 5.82 Å². The van der Waals surface area contributed by atoms with Gasteiger partial charge in [0, 0.05) is 54.7 Å². The van der Waals surface area contributed by atoms with Crippen LogP contribution in [-0.4, -0.2) is 15.0 Å². The van der Waals surface area contributed by atoms with Crippen molar-refractivity contribution in [1.29, 1.82) is 0 Å². The van der Waals surface area contributed by atoms with Crippen molar-refractivity contribution in [3.05, 3.63) is 224 Å². The van der Waals surface area contributed by atoms with Crippen molar-refractivity contribution in [3.63, 3.8) is 0 Å². The summed E-state index contributed by atoms with van der Waals surface area (Å²) in [6.45, 7) is 0. The average Bonchev–Trinajstić information content (AvgIpc) is 3.74. The SMILES string of the molecule is c1ccc(-c2ccc(-c3cc(-c4cccc(-c5c6c(cc7c(-c8ccc(-c9ccccc9)cc8)nc8ccccc8c57)oc5ccccc56)c4)nc(-c4ccccc4)n3)cc2)cc1. The van der Waals surface area contributed by atoms with Gasteiger partial charge >= 0.3 is 0 Å². The predicted octanol–water partition coefficient (Wildman–Crippen LogP) is 15.7. The maximum absolute atomic E-state index is 6.74. The van der Waals surface area contributed by atoms with Gasteiger partial charge in [-0.2, -0.15) is 0 Å². The standard InChI is InChI=1S/C59H37N3O/c1-4-15-38(16-5-1)40-27-31-42(32-28-40)51-37-52(62-59(61-51)44-19-8-3-9-20-44)45-21-14-22-46(35-45)55-56-47-23-10-12-25-50(47)60-58(43-33-29-41(30-34-43)39-17-6-2-7-18-39)49(56)36-54-57(55)48-24-11-13-26-53(48)63-54/h1-37H. The van der Waals surface area contributed by atoms with Crippen LogP contribution in [0.3, 0.4) is 0 Å². The van der Waals surface area contributed by atoms with Gasteiger partial charge < -0.3 is 4.42 Å². The van der Waals surface area contributed by atoms with E-state index in [1.165, 1.54) is 11.1 Å². The lowest BCUT2D eigenvalue weighted by atomic mass is 9.88. The highest BCUT2D eigenvalue weighted by atomic mass is 16.3. The molecule has 0 aliphatic rings. The molecule has 0 spiro atoms. The van der Waals surface area contributed by atoms with E-state index in [1.807, 2.05) is 36.4 Å². The van der Waals surface area contributed by atoms with Crippen molar-refractivity contribution >= 4 is 43.6 Å². The molecule has 0 bridgehead atoms. The van der Waals surface area contributed by atoms with E-state index in [4.69, 9.17) is 19.4 Å². The molecule has 12 rings (SSSR count). The van der Waals surface area contributed by atoms with Crippen LogP contribution >= 0.6 is 0 Å². The lowest BCUT2D eigenvalue weighted by Crippen LogP contribution is -1.96. The minimum atomic E-state index is 0.675. The molecule has 0 fully saturated rings. The first-order chi connectivity index (χ1) is 31.2. The minimum Gasteiger partial charge on any atom is -0.456 e. The number of furan rings is 1. The van der Waals surface area contributed by atoms with E-state index in [0.717, 1.165) is 105 Å². The molecule has 0 atom stereocenters. The zero-order valence-electron chi connectivity index (χ0n) is 34.1. The molecule has 0 radical (unpaired) electrons. The van der Waals surface area contributed by atoms with Crippen molar-refractivity contribution in [3.8, 4) is 78.5 Å². The lowest BCUT2D eigenvalue weighted by molar-refractivity contribution is 0.669. The Morgan fingerprint density at radius 1 is 0.286 bits per heavy atom. The van der Waals surface area contributed by atoms with Gasteiger partial charge in [0.1, 0.15) is 11.2 Å². The van der Waals surface area contributed by atoms with Crippen molar-refractivity contribution < 1.29 is 4.42 Å².